The Bertz CT molecular complexity index is 1130. The quantitative estimate of drug-likeness (QED) is 0.219. The molecule has 1 aromatic rings. The summed E-state index contributed by atoms with van der Waals surface area (Å²) in [6.07, 6.45) is -0.344. The van der Waals surface area contributed by atoms with Gasteiger partial charge in [-0.3, -0.25) is 34.8 Å². The Labute approximate surface area is 179 Å². The molecular formula is C16H17N9O7. The number of urea groups is 2. The number of aromatic amines is 2. The summed E-state index contributed by atoms with van der Waals surface area (Å²) in [7, 11) is 0. The van der Waals surface area contributed by atoms with E-state index in [1.54, 1.807) is 16.7 Å². The average molecular weight is 447 g/mol. The normalized spacial score (nSPS) is 9.34. The second-order valence-electron chi connectivity index (χ2n) is 5.27. The Morgan fingerprint density at radius 1 is 1.09 bits per heavy atom. The summed E-state index contributed by atoms with van der Waals surface area (Å²) in [6.45, 7) is 9.16. The standard InChI is InChI=1S/C6H7N3O3.C6H5N3O2.C4H5N3O2/c1-3(10)4(2-7)5(11)9-6(8)12;1-3-4(7-2)5(10)9-6(11)8-3;5-2-1-3(8)7-4(6)9/h4H,1H3,(H3,8,9,11,12);1H3,(H2,8,9,10,11);1H2,(H3,6,7,8,9). The summed E-state index contributed by atoms with van der Waals surface area (Å²) in [5, 5.41) is 19.5. The van der Waals surface area contributed by atoms with E-state index in [1.807, 2.05) is 4.98 Å². The van der Waals surface area contributed by atoms with Gasteiger partial charge in [0.25, 0.3) is 17.2 Å². The van der Waals surface area contributed by atoms with Crippen LogP contribution in [0.3, 0.4) is 0 Å². The molecule has 0 spiro atoms. The van der Waals surface area contributed by atoms with Crippen LogP contribution >= 0.6 is 0 Å². The van der Waals surface area contributed by atoms with E-state index in [4.69, 9.17) is 17.1 Å². The van der Waals surface area contributed by atoms with Crippen molar-refractivity contribution in [3.8, 4) is 12.1 Å². The molecule has 0 fully saturated rings. The molecule has 0 saturated carbocycles. The molecule has 0 aliphatic heterocycles. The van der Waals surface area contributed by atoms with E-state index in [0.29, 0.717) is 5.69 Å². The topological polar surface area (TPSA) is 279 Å². The molecule has 8 N–H and O–H groups in total. The zero-order valence-corrected chi connectivity index (χ0v) is 16.6. The first kappa shape index (κ1) is 28.9. The van der Waals surface area contributed by atoms with E-state index >= 15 is 0 Å². The van der Waals surface area contributed by atoms with Crippen molar-refractivity contribution in [2.75, 3.05) is 0 Å². The number of rotatable bonds is 3. The molecule has 0 saturated heterocycles. The number of aromatic nitrogens is 2. The number of nitrogens with two attached hydrogens (primary N) is 2. The summed E-state index contributed by atoms with van der Waals surface area (Å²) in [6, 6.07) is 0.973. The first-order chi connectivity index (χ1) is 14.8. The highest BCUT2D eigenvalue weighted by atomic mass is 16.2. The third-order valence-corrected chi connectivity index (χ3v) is 2.76. The van der Waals surface area contributed by atoms with Gasteiger partial charge in [0.05, 0.1) is 18.7 Å². The number of amides is 6. The van der Waals surface area contributed by atoms with Crippen molar-refractivity contribution in [1.82, 2.24) is 20.6 Å². The zero-order chi connectivity index (χ0) is 25.4. The molecule has 6 amide bonds. The molecule has 16 heteroatoms. The molecule has 0 bridgehead atoms. The largest absolute Gasteiger partial charge is 0.351 e. The Kier molecular flexibility index (Phi) is 13.2. The number of carbonyl (C=O) groups excluding carboxylic acids is 5. The highest BCUT2D eigenvalue weighted by molar-refractivity contribution is 6.07. The lowest BCUT2D eigenvalue weighted by Crippen LogP contribution is -2.40. The molecule has 32 heavy (non-hydrogen) atoms. The van der Waals surface area contributed by atoms with Crippen LogP contribution in [0.5, 0.6) is 0 Å². The minimum absolute atomic E-state index is 0.0652. The predicted molar refractivity (Wildman–Crippen MR) is 104 cm³/mol. The summed E-state index contributed by atoms with van der Waals surface area (Å²) in [4.78, 5) is 80.1. The van der Waals surface area contributed by atoms with Crippen molar-refractivity contribution in [3.63, 3.8) is 0 Å². The fraction of sp³-hybridized carbons (Fsp3) is 0.250. The average Bonchev–Trinajstić information content (AvgIpc) is 2.61. The maximum atomic E-state index is 10.8. The number of imide groups is 2. The van der Waals surface area contributed by atoms with Gasteiger partial charge in [0.2, 0.25) is 5.91 Å². The minimum Gasteiger partial charge on any atom is -0.351 e. The number of hydrogen-bond donors (Lipinski definition) is 6. The van der Waals surface area contributed by atoms with Gasteiger partial charge in [0, 0.05) is 5.69 Å². The predicted octanol–water partition coefficient (Wildman–Crippen LogP) is -2.07. The maximum Gasteiger partial charge on any atom is 0.323 e. The van der Waals surface area contributed by atoms with Crippen LogP contribution in [0.2, 0.25) is 0 Å². The monoisotopic (exact) mass is 447 g/mol. The van der Waals surface area contributed by atoms with E-state index in [2.05, 4.69) is 21.3 Å². The van der Waals surface area contributed by atoms with Crippen LogP contribution in [0.25, 0.3) is 4.85 Å². The number of ketones is 1. The van der Waals surface area contributed by atoms with Crippen molar-refractivity contribution >= 4 is 35.3 Å². The molecule has 168 valence electrons. The lowest BCUT2D eigenvalue weighted by Gasteiger charge is -2.02. The van der Waals surface area contributed by atoms with Crippen LogP contribution in [0.1, 0.15) is 19.0 Å². The van der Waals surface area contributed by atoms with E-state index in [9.17, 15) is 33.6 Å². The molecular weight excluding hydrogens is 430 g/mol. The molecule has 16 nitrogen and oxygen atoms in total. The fourth-order valence-corrected chi connectivity index (χ4v) is 1.51. The second kappa shape index (κ2) is 14.7. The number of nitrogens with zero attached hydrogens (tertiary/aromatic N) is 3. The van der Waals surface area contributed by atoms with Crippen LogP contribution in [0.4, 0.5) is 15.3 Å². The molecule has 1 unspecified atom stereocenters. The SMILES string of the molecule is CC(=O)C(C#N)C(=O)NC(N)=O.N#CCC(=O)NC(N)=O.[C-]#[N+]c1c(C)[nH]c(=O)[nH]c1=O. The molecule has 0 aliphatic carbocycles. The summed E-state index contributed by atoms with van der Waals surface area (Å²) in [5.74, 6) is -3.75. The molecule has 1 heterocycles. The first-order valence-corrected chi connectivity index (χ1v) is 7.97. The third-order valence-electron chi connectivity index (χ3n) is 2.76. The van der Waals surface area contributed by atoms with Gasteiger partial charge in [-0.05, 0) is 13.8 Å². The highest BCUT2D eigenvalue weighted by Crippen LogP contribution is 2.04. The number of hydrogen-bond acceptors (Lipinski definition) is 9. The number of carbonyl (C=O) groups is 5. The van der Waals surface area contributed by atoms with Crippen LogP contribution in [-0.4, -0.2) is 39.6 Å². The number of nitriles is 2. The summed E-state index contributed by atoms with van der Waals surface area (Å²) in [5.41, 5.74) is 8.15. The maximum absolute atomic E-state index is 10.8. The molecule has 0 aromatic carbocycles. The van der Waals surface area contributed by atoms with Crippen molar-refractivity contribution in [2.45, 2.75) is 20.3 Å². The molecule has 1 atom stereocenters. The number of nitrogens with one attached hydrogen (secondary N) is 4. The lowest BCUT2D eigenvalue weighted by atomic mass is 10.1. The molecule has 1 aromatic heterocycles. The smallest absolute Gasteiger partial charge is 0.323 e. The number of primary amides is 2. The molecule has 0 radical (unpaired) electrons. The van der Waals surface area contributed by atoms with E-state index in [-0.39, 0.29) is 12.1 Å². The number of aryl methyl sites for hydroxylation is 1. The zero-order valence-electron chi connectivity index (χ0n) is 16.6. The summed E-state index contributed by atoms with van der Waals surface area (Å²) >= 11 is 0. The van der Waals surface area contributed by atoms with Crippen molar-refractivity contribution < 1.29 is 24.0 Å². The Balaban J connectivity index is 0. The second-order valence-corrected chi connectivity index (χ2v) is 5.27. The molecule has 0 aliphatic rings. The van der Waals surface area contributed by atoms with Gasteiger partial charge in [0.15, 0.2) is 11.7 Å². The lowest BCUT2D eigenvalue weighted by molar-refractivity contribution is -0.129. The Morgan fingerprint density at radius 2 is 1.62 bits per heavy atom. The Morgan fingerprint density at radius 3 is 1.97 bits per heavy atom. The third kappa shape index (κ3) is 12.2. The van der Waals surface area contributed by atoms with Gasteiger partial charge in [-0.1, -0.05) is 0 Å². The van der Waals surface area contributed by atoms with Gasteiger partial charge in [-0.25, -0.2) is 19.2 Å². The van der Waals surface area contributed by atoms with E-state index in [1.165, 1.54) is 13.0 Å². The van der Waals surface area contributed by atoms with E-state index in [0.717, 1.165) is 6.92 Å². The summed E-state index contributed by atoms with van der Waals surface area (Å²) < 4.78 is 0. The fourth-order valence-electron chi connectivity index (χ4n) is 1.51. The van der Waals surface area contributed by atoms with Crippen LogP contribution in [0.15, 0.2) is 9.59 Å². The number of Topliss-reactive ketones (excluding diaryl/α,β-unsaturated/α-hetero) is 1. The van der Waals surface area contributed by atoms with Crippen molar-refractivity contribution in [3.05, 3.63) is 37.9 Å². The van der Waals surface area contributed by atoms with Crippen molar-refractivity contribution in [1.29, 1.82) is 10.5 Å². The van der Waals surface area contributed by atoms with Crippen LogP contribution in [0, 0.1) is 42.1 Å². The van der Waals surface area contributed by atoms with Crippen LogP contribution < -0.4 is 33.3 Å². The van der Waals surface area contributed by atoms with Gasteiger partial charge >= 0.3 is 17.8 Å². The van der Waals surface area contributed by atoms with Gasteiger partial charge < -0.3 is 16.5 Å². The van der Waals surface area contributed by atoms with Crippen LogP contribution in [-0.2, 0) is 14.4 Å². The van der Waals surface area contributed by atoms with Crippen molar-refractivity contribution in [2.24, 2.45) is 17.4 Å². The highest BCUT2D eigenvalue weighted by Gasteiger charge is 2.23. The minimum atomic E-state index is -1.46. The van der Waals surface area contributed by atoms with Gasteiger partial charge in [-0.2, -0.15) is 10.5 Å². The molecule has 1 rings (SSSR count). The Hall–Kier alpha value is -5.30. The van der Waals surface area contributed by atoms with E-state index < -0.39 is 46.8 Å². The van der Waals surface area contributed by atoms with Gasteiger partial charge in [-0.15, -0.1) is 0 Å². The first-order valence-electron chi connectivity index (χ1n) is 7.97. The van der Waals surface area contributed by atoms with Gasteiger partial charge in [0.1, 0.15) is 6.42 Å². The number of H-pyrrole nitrogens is 2.